The fourth-order valence-corrected chi connectivity index (χ4v) is 4.15. The molecule has 0 fully saturated rings. The Kier molecular flexibility index (Phi) is 11.1. The van der Waals surface area contributed by atoms with Crippen molar-refractivity contribution in [3.63, 3.8) is 0 Å². The molecule has 3 rings (SSSR count). The van der Waals surface area contributed by atoms with E-state index in [1.165, 1.54) is 0 Å². The molecule has 190 valence electrons. The van der Waals surface area contributed by atoms with E-state index in [2.05, 4.69) is 12.2 Å². The minimum absolute atomic E-state index is 0.185. The number of amides is 2. The van der Waals surface area contributed by atoms with Crippen LogP contribution in [0, 0.1) is 0 Å². The highest BCUT2D eigenvalue weighted by Crippen LogP contribution is 2.23. The molecule has 5 nitrogen and oxygen atoms in total. The second-order valence-electron chi connectivity index (χ2n) is 8.57. The van der Waals surface area contributed by atoms with Crippen LogP contribution >= 0.6 is 23.2 Å². The first kappa shape index (κ1) is 27.6. The number of rotatable bonds is 13. The molecule has 0 bridgehead atoms. The highest BCUT2D eigenvalue weighted by molar-refractivity contribution is 6.32. The Morgan fingerprint density at radius 3 is 2.28 bits per heavy atom. The molecule has 3 aromatic carbocycles. The molecule has 3 aromatic rings. The SMILES string of the molecule is CCCCCNC(=O)C(Cc1ccccc1)N(Cc1ccc(Cl)cc1)C(=O)COc1ccccc1Cl. The molecule has 0 aliphatic heterocycles. The van der Waals surface area contributed by atoms with Crippen molar-refractivity contribution in [2.45, 2.75) is 45.2 Å². The number of carbonyl (C=O) groups is 2. The van der Waals surface area contributed by atoms with Gasteiger partial charge in [-0.05, 0) is 41.8 Å². The van der Waals surface area contributed by atoms with Gasteiger partial charge in [0.05, 0.1) is 5.02 Å². The van der Waals surface area contributed by atoms with E-state index in [1.54, 1.807) is 41.3 Å². The molecule has 2 amide bonds. The lowest BCUT2D eigenvalue weighted by Crippen LogP contribution is -2.51. The van der Waals surface area contributed by atoms with Gasteiger partial charge in [0, 0.05) is 24.5 Å². The molecule has 0 saturated heterocycles. The Morgan fingerprint density at radius 1 is 0.889 bits per heavy atom. The Labute approximate surface area is 223 Å². The summed E-state index contributed by atoms with van der Waals surface area (Å²) in [4.78, 5) is 28.6. The fraction of sp³-hybridized carbons (Fsp3) is 0.310. The quantitative estimate of drug-likeness (QED) is 0.265. The Morgan fingerprint density at radius 2 is 1.58 bits per heavy atom. The summed E-state index contributed by atoms with van der Waals surface area (Å²) in [7, 11) is 0. The molecule has 0 radical (unpaired) electrons. The Balaban J connectivity index is 1.87. The summed E-state index contributed by atoms with van der Waals surface area (Å²) in [5.74, 6) is -0.0768. The first-order chi connectivity index (χ1) is 17.5. The van der Waals surface area contributed by atoms with Gasteiger partial charge >= 0.3 is 0 Å². The van der Waals surface area contributed by atoms with Crippen LogP contribution in [0.3, 0.4) is 0 Å². The van der Waals surface area contributed by atoms with Crippen molar-refractivity contribution in [3.8, 4) is 5.75 Å². The monoisotopic (exact) mass is 526 g/mol. The minimum Gasteiger partial charge on any atom is -0.482 e. The van der Waals surface area contributed by atoms with E-state index >= 15 is 0 Å². The first-order valence-corrected chi connectivity index (χ1v) is 13.0. The van der Waals surface area contributed by atoms with E-state index in [0.717, 1.165) is 30.4 Å². The van der Waals surface area contributed by atoms with Crippen LogP contribution in [-0.4, -0.2) is 35.9 Å². The third-order valence-corrected chi connectivity index (χ3v) is 6.37. The second kappa shape index (κ2) is 14.5. The molecule has 7 heteroatoms. The minimum atomic E-state index is -0.716. The molecule has 0 spiro atoms. The summed E-state index contributed by atoms with van der Waals surface area (Å²) in [5.41, 5.74) is 1.83. The van der Waals surface area contributed by atoms with Crippen LogP contribution < -0.4 is 10.1 Å². The third kappa shape index (κ3) is 8.58. The van der Waals surface area contributed by atoms with Crippen molar-refractivity contribution in [1.29, 1.82) is 0 Å². The lowest BCUT2D eigenvalue weighted by Gasteiger charge is -2.31. The fourth-order valence-electron chi connectivity index (χ4n) is 3.83. The zero-order valence-electron chi connectivity index (χ0n) is 20.5. The van der Waals surface area contributed by atoms with Gasteiger partial charge < -0.3 is 15.0 Å². The summed E-state index contributed by atoms with van der Waals surface area (Å²) in [6.07, 6.45) is 3.36. The van der Waals surface area contributed by atoms with Crippen molar-refractivity contribution in [2.75, 3.05) is 13.2 Å². The van der Waals surface area contributed by atoms with Gasteiger partial charge in [0.1, 0.15) is 11.8 Å². The molecule has 36 heavy (non-hydrogen) atoms. The van der Waals surface area contributed by atoms with Crippen LogP contribution in [0.5, 0.6) is 5.75 Å². The van der Waals surface area contributed by atoms with Crippen molar-refractivity contribution < 1.29 is 14.3 Å². The maximum Gasteiger partial charge on any atom is 0.261 e. The second-order valence-corrected chi connectivity index (χ2v) is 9.41. The average molecular weight is 527 g/mol. The molecular formula is C29H32Cl2N2O3. The number of hydrogen-bond acceptors (Lipinski definition) is 3. The normalized spacial score (nSPS) is 11.5. The predicted molar refractivity (Wildman–Crippen MR) is 145 cm³/mol. The molecule has 0 heterocycles. The molecule has 0 aliphatic rings. The van der Waals surface area contributed by atoms with Crippen LogP contribution in [0.1, 0.15) is 37.3 Å². The molecule has 0 saturated carbocycles. The number of nitrogens with zero attached hydrogens (tertiary/aromatic N) is 1. The summed E-state index contributed by atoms with van der Waals surface area (Å²) >= 11 is 12.3. The number of nitrogens with one attached hydrogen (secondary N) is 1. The van der Waals surface area contributed by atoms with Gasteiger partial charge in [0.25, 0.3) is 5.91 Å². The maximum absolute atomic E-state index is 13.6. The van der Waals surface area contributed by atoms with Crippen molar-refractivity contribution in [1.82, 2.24) is 10.2 Å². The van der Waals surface area contributed by atoms with Crippen LogP contribution in [0.25, 0.3) is 0 Å². The van der Waals surface area contributed by atoms with Gasteiger partial charge in [-0.3, -0.25) is 9.59 Å². The van der Waals surface area contributed by atoms with E-state index in [9.17, 15) is 9.59 Å². The van der Waals surface area contributed by atoms with Gasteiger partial charge in [0.2, 0.25) is 5.91 Å². The van der Waals surface area contributed by atoms with Crippen molar-refractivity contribution in [3.05, 3.63) is 100 Å². The van der Waals surface area contributed by atoms with Crippen molar-refractivity contribution >= 4 is 35.0 Å². The number of benzene rings is 3. The standard InChI is InChI=1S/C29H32Cl2N2O3/c1-2-3-9-18-32-29(35)26(19-22-10-5-4-6-11-22)33(20-23-14-16-24(30)17-15-23)28(34)21-36-27-13-8-7-12-25(27)31/h4-8,10-17,26H,2-3,9,18-21H2,1H3,(H,32,35). The molecule has 0 aliphatic carbocycles. The van der Waals surface area contributed by atoms with Crippen LogP contribution in [-0.2, 0) is 22.6 Å². The molecule has 0 aromatic heterocycles. The largest absolute Gasteiger partial charge is 0.482 e. The molecule has 1 atom stereocenters. The summed E-state index contributed by atoms with van der Waals surface area (Å²) < 4.78 is 5.75. The van der Waals surface area contributed by atoms with Crippen LogP contribution in [0.2, 0.25) is 10.0 Å². The van der Waals surface area contributed by atoms with E-state index in [4.69, 9.17) is 27.9 Å². The smallest absolute Gasteiger partial charge is 0.261 e. The number of para-hydroxylation sites is 1. The predicted octanol–water partition coefficient (Wildman–Crippen LogP) is 6.32. The zero-order valence-corrected chi connectivity index (χ0v) is 22.0. The number of unbranched alkanes of at least 4 members (excludes halogenated alkanes) is 2. The van der Waals surface area contributed by atoms with Gasteiger partial charge in [-0.1, -0.05) is 97.6 Å². The first-order valence-electron chi connectivity index (χ1n) is 12.2. The molecule has 1 unspecified atom stereocenters. The van der Waals surface area contributed by atoms with Crippen LogP contribution in [0.15, 0.2) is 78.9 Å². The lowest BCUT2D eigenvalue weighted by molar-refractivity contribution is -0.142. The zero-order chi connectivity index (χ0) is 25.8. The topological polar surface area (TPSA) is 58.6 Å². The van der Waals surface area contributed by atoms with Gasteiger partial charge in [-0.15, -0.1) is 0 Å². The Hall–Kier alpha value is -3.02. The van der Waals surface area contributed by atoms with E-state index in [0.29, 0.717) is 28.8 Å². The number of carbonyl (C=O) groups excluding carboxylic acids is 2. The maximum atomic E-state index is 13.6. The number of halogens is 2. The van der Waals surface area contributed by atoms with E-state index < -0.39 is 6.04 Å². The summed E-state index contributed by atoms with van der Waals surface area (Å²) in [5, 5.41) is 4.06. The van der Waals surface area contributed by atoms with Crippen molar-refractivity contribution in [2.24, 2.45) is 0 Å². The molecular weight excluding hydrogens is 495 g/mol. The highest BCUT2D eigenvalue weighted by Gasteiger charge is 2.30. The molecule has 1 N–H and O–H groups in total. The Bertz CT molecular complexity index is 1110. The third-order valence-electron chi connectivity index (χ3n) is 5.80. The average Bonchev–Trinajstić information content (AvgIpc) is 2.89. The summed E-state index contributed by atoms with van der Waals surface area (Å²) in [6, 6.07) is 23.3. The highest BCUT2D eigenvalue weighted by atomic mass is 35.5. The van der Waals surface area contributed by atoms with Gasteiger partial charge in [0.15, 0.2) is 6.61 Å². The van der Waals surface area contributed by atoms with E-state index in [1.807, 2.05) is 42.5 Å². The van der Waals surface area contributed by atoms with E-state index in [-0.39, 0.29) is 25.0 Å². The number of hydrogen-bond donors (Lipinski definition) is 1. The number of ether oxygens (including phenoxy) is 1. The lowest BCUT2D eigenvalue weighted by atomic mass is 10.0. The van der Waals surface area contributed by atoms with Crippen LogP contribution in [0.4, 0.5) is 0 Å². The summed E-state index contributed by atoms with van der Waals surface area (Å²) in [6.45, 7) is 2.68. The van der Waals surface area contributed by atoms with Gasteiger partial charge in [-0.2, -0.15) is 0 Å². The van der Waals surface area contributed by atoms with Gasteiger partial charge in [-0.25, -0.2) is 0 Å².